The minimum absolute atomic E-state index is 0.689. The highest BCUT2D eigenvalue weighted by molar-refractivity contribution is 5.57. The molecule has 1 heterocycles. The van der Waals surface area contributed by atoms with Gasteiger partial charge in [0.05, 0.1) is 6.61 Å². The molecular weight excluding hydrogens is 192 g/mol. The lowest BCUT2D eigenvalue weighted by Gasteiger charge is -2.20. The Morgan fingerprint density at radius 2 is 2.20 bits per heavy atom. The van der Waals surface area contributed by atoms with Crippen LogP contribution in [0.1, 0.15) is 5.56 Å². The third-order valence-electron chi connectivity index (χ3n) is 2.29. The average Bonchev–Trinajstić information content (AvgIpc) is 2.26. The first-order valence-electron chi connectivity index (χ1n) is 4.90. The summed E-state index contributed by atoms with van der Waals surface area (Å²) >= 11 is 0. The fourth-order valence-corrected chi connectivity index (χ4v) is 1.41. The number of likely N-dealkylation sites (N-methyl/N-ethyl adjacent to an activating group) is 1. The molecule has 0 saturated carbocycles. The topological polar surface area (TPSA) is 50.3 Å². The van der Waals surface area contributed by atoms with Crippen molar-refractivity contribution in [1.29, 1.82) is 0 Å². The second kappa shape index (κ2) is 5.50. The number of hydrogen-bond acceptors (Lipinski definition) is 5. The average molecular weight is 210 g/mol. The minimum atomic E-state index is 0.689. The van der Waals surface area contributed by atoms with Gasteiger partial charge in [-0.1, -0.05) is 0 Å². The molecule has 0 aliphatic rings. The zero-order chi connectivity index (χ0) is 11.3. The molecule has 0 unspecified atom stereocenters. The van der Waals surface area contributed by atoms with Crippen LogP contribution in [-0.4, -0.2) is 44.3 Å². The molecule has 0 bridgehead atoms. The maximum Gasteiger partial charge on any atom is 0.136 e. The van der Waals surface area contributed by atoms with Crippen LogP contribution >= 0.6 is 0 Å². The van der Waals surface area contributed by atoms with E-state index in [9.17, 15) is 0 Å². The van der Waals surface area contributed by atoms with Crippen molar-refractivity contribution in [3.63, 3.8) is 0 Å². The summed E-state index contributed by atoms with van der Waals surface area (Å²) in [6.07, 6.45) is 1.57. The number of methoxy groups -OCH3 is 1. The first kappa shape index (κ1) is 11.7. The van der Waals surface area contributed by atoms with Gasteiger partial charge in [0, 0.05) is 33.3 Å². The molecular formula is C10H18N4O. The zero-order valence-corrected chi connectivity index (χ0v) is 9.74. The highest BCUT2D eigenvalue weighted by Crippen LogP contribution is 2.20. The molecule has 0 saturated heterocycles. The molecule has 5 nitrogen and oxygen atoms in total. The molecule has 15 heavy (non-hydrogen) atoms. The molecule has 1 aromatic heterocycles. The molecule has 0 atom stereocenters. The van der Waals surface area contributed by atoms with Crippen molar-refractivity contribution in [2.75, 3.05) is 44.6 Å². The number of nitrogens with one attached hydrogen (secondary N) is 1. The van der Waals surface area contributed by atoms with Crippen LogP contribution in [0.3, 0.4) is 0 Å². The molecule has 0 fully saturated rings. The van der Waals surface area contributed by atoms with Crippen LogP contribution < -0.4 is 10.2 Å². The van der Waals surface area contributed by atoms with Crippen LogP contribution in [0.4, 0.5) is 11.6 Å². The van der Waals surface area contributed by atoms with Gasteiger partial charge < -0.3 is 15.0 Å². The van der Waals surface area contributed by atoms with Crippen LogP contribution in [0, 0.1) is 6.92 Å². The lowest BCUT2D eigenvalue weighted by Crippen LogP contribution is -2.24. The summed E-state index contributed by atoms with van der Waals surface area (Å²) in [7, 11) is 5.54. The van der Waals surface area contributed by atoms with Crippen molar-refractivity contribution in [3.8, 4) is 0 Å². The number of ether oxygens (including phenoxy) is 1. The lowest BCUT2D eigenvalue weighted by molar-refractivity contribution is 0.206. The maximum absolute atomic E-state index is 5.03. The van der Waals surface area contributed by atoms with Crippen molar-refractivity contribution in [3.05, 3.63) is 11.9 Å². The number of anilines is 2. The van der Waals surface area contributed by atoms with E-state index in [1.807, 2.05) is 21.0 Å². The van der Waals surface area contributed by atoms with E-state index in [-0.39, 0.29) is 0 Å². The third kappa shape index (κ3) is 2.79. The molecule has 0 radical (unpaired) electrons. The molecule has 1 N–H and O–H groups in total. The summed E-state index contributed by atoms with van der Waals surface area (Å²) in [5.41, 5.74) is 1.05. The van der Waals surface area contributed by atoms with Crippen molar-refractivity contribution in [2.24, 2.45) is 0 Å². The molecule has 84 valence electrons. The Kier molecular flexibility index (Phi) is 4.30. The fourth-order valence-electron chi connectivity index (χ4n) is 1.41. The summed E-state index contributed by atoms with van der Waals surface area (Å²) in [4.78, 5) is 10.5. The van der Waals surface area contributed by atoms with Crippen molar-refractivity contribution < 1.29 is 4.74 Å². The molecule has 0 spiro atoms. The Labute approximate surface area is 90.5 Å². The van der Waals surface area contributed by atoms with Gasteiger partial charge in [-0.15, -0.1) is 0 Å². The summed E-state index contributed by atoms with van der Waals surface area (Å²) in [5, 5.41) is 3.04. The molecule has 0 aliphatic heterocycles. The van der Waals surface area contributed by atoms with Gasteiger partial charge in [-0.3, -0.25) is 0 Å². The number of hydrogen-bond donors (Lipinski definition) is 1. The van der Waals surface area contributed by atoms with E-state index in [0.717, 1.165) is 23.7 Å². The van der Waals surface area contributed by atoms with Gasteiger partial charge in [0.25, 0.3) is 0 Å². The molecule has 0 aromatic carbocycles. The van der Waals surface area contributed by atoms with Crippen LogP contribution in [0.5, 0.6) is 0 Å². The van der Waals surface area contributed by atoms with Gasteiger partial charge in [0.1, 0.15) is 18.0 Å². The van der Waals surface area contributed by atoms with E-state index in [0.29, 0.717) is 6.61 Å². The smallest absolute Gasteiger partial charge is 0.136 e. The van der Waals surface area contributed by atoms with Crippen molar-refractivity contribution >= 4 is 11.6 Å². The highest BCUT2D eigenvalue weighted by atomic mass is 16.5. The van der Waals surface area contributed by atoms with E-state index < -0.39 is 0 Å². The Balaban J connectivity index is 2.83. The maximum atomic E-state index is 5.03. The summed E-state index contributed by atoms with van der Waals surface area (Å²) in [6, 6.07) is 0. The van der Waals surface area contributed by atoms with E-state index in [1.54, 1.807) is 13.4 Å². The van der Waals surface area contributed by atoms with Crippen LogP contribution in [0.2, 0.25) is 0 Å². The van der Waals surface area contributed by atoms with Gasteiger partial charge >= 0.3 is 0 Å². The van der Waals surface area contributed by atoms with E-state index in [1.165, 1.54) is 0 Å². The van der Waals surface area contributed by atoms with Crippen molar-refractivity contribution in [1.82, 2.24) is 9.97 Å². The van der Waals surface area contributed by atoms with Crippen LogP contribution in [0.25, 0.3) is 0 Å². The Morgan fingerprint density at radius 1 is 1.47 bits per heavy atom. The first-order valence-corrected chi connectivity index (χ1v) is 4.90. The van der Waals surface area contributed by atoms with Crippen LogP contribution in [-0.2, 0) is 4.74 Å². The quantitative estimate of drug-likeness (QED) is 0.782. The van der Waals surface area contributed by atoms with Gasteiger partial charge in [-0.05, 0) is 6.92 Å². The molecule has 0 amide bonds. The second-order valence-corrected chi connectivity index (χ2v) is 3.34. The lowest BCUT2D eigenvalue weighted by atomic mass is 10.3. The van der Waals surface area contributed by atoms with Gasteiger partial charge in [-0.25, -0.2) is 9.97 Å². The third-order valence-corrected chi connectivity index (χ3v) is 2.29. The normalized spacial score (nSPS) is 10.1. The predicted octanol–water partition coefficient (Wildman–Crippen LogP) is 0.909. The van der Waals surface area contributed by atoms with E-state index >= 15 is 0 Å². The number of rotatable bonds is 5. The highest BCUT2D eigenvalue weighted by Gasteiger charge is 2.09. The summed E-state index contributed by atoms with van der Waals surface area (Å²) in [5.74, 6) is 1.80. The fraction of sp³-hybridized carbons (Fsp3) is 0.600. The standard InChI is InChI=1S/C10H18N4O/c1-8-9(11-2)12-7-13-10(8)14(3)5-6-15-4/h7H,5-6H2,1-4H3,(H,11,12,13). The van der Waals surface area contributed by atoms with Crippen LogP contribution in [0.15, 0.2) is 6.33 Å². The zero-order valence-electron chi connectivity index (χ0n) is 9.74. The van der Waals surface area contributed by atoms with E-state index in [2.05, 4.69) is 20.2 Å². The molecule has 5 heteroatoms. The largest absolute Gasteiger partial charge is 0.383 e. The van der Waals surface area contributed by atoms with Crippen molar-refractivity contribution in [2.45, 2.75) is 6.92 Å². The number of aromatic nitrogens is 2. The Bertz CT molecular complexity index is 316. The molecule has 1 rings (SSSR count). The van der Waals surface area contributed by atoms with Gasteiger partial charge in [0.2, 0.25) is 0 Å². The minimum Gasteiger partial charge on any atom is -0.383 e. The Morgan fingerprint density at radius 3 is 2.80 bits per heavy atom. The summed E-state index contributed by atoms with van der Waals surface area (Å²) < 4.78 is 5.03. The first-order chi connectivity index (χ1) is 7.20. The molecule has 0 aliphatic carbocycles. The molecule has 1 aromatic rings. The summed E-state index contributed by atoms with van der Waals surface area (Å²) in [6.45, 7) is 3.51. The Hall–Kier alpha value is -1.36. The van der Waals surface area contributed by atoms with Gasteiger partial charge in [0.15, 0.2) is 0 Å². The predicted molar refractivity (Wildman–Crippen MR) is 61.5 cm³/mol. The second-order valence-electron chi connectivity index (χ2n) is 3.34. The monoisotopic (exact) mass is 210 g/mol. The van der Waals surface area contributed by atoms with Gasteiger partial charge in [-0.2, -0.15) is 0 Å². The van der Waals surface area contributed by atoms with E-state index in [4.69, 9.17) is 4.74 Å². The number of nitrogens with zero attached hydrogens (tertiary/aromatic N) is 3. The SMILES string of the molecule is CNc1ncnc(N(C)CCOC)c1C.